The number of carbonyl (C=O) groups excluding carboxylic acids is 2. The van der Waals surface area contributed by atoms with Crippen molar-refractivity contribution in [1.29, 1.82) is 0 Å². The van der Waals surface area contributed by atoms with E-state index in [9.17, 15) is 50.1 Å². The molecule has 5 rings (SSSR count). The van der Waals surface area contributed by atoms with Crippen LogP contribution in [0.3, 0.4) is 0 Å². The number of likely N-dealkylation sites (N-methyl/N-ethyl adjacent to an activating group) is 1. The summed E-state index contributed by atoms with van der Waals surface area (Å²) in [4.78, 5) is 40.1. The van der Waals surface area contributed by atoms with Gasteiger partial charge in [-0.2, -0.15) is 0 Å². The lowest BCUT2D eigenvalue weighted by Crippen LogP contribution is -2.83. The summed E-state index contributed by atoms with van der Waals surface area (Å²) in [6.07, 6.45) is -0.115. The van der Waals surface area contributed by atoms with Crippen molar-refractivity contribution in [2.75, 3.05) is 13.7 Å². The van der Waals surface area contributed by atoms with Gasteiger partial charge in [-0.1, -0.05) is 42.5 Å². The van der Waals surface area contributed by atoms with Gasteiger partial charge in [-0.05, 0) is 66.6 Å². The van der Waals surface area contributed by atoms with E-state index in [0.717, 1.165) is 12.2 Å². The lowest BCUT2D eigenvalue weighted by molar-refractivity contribution is -0.339. The van der Waals surface area contributed by atoms with Crippen molar-refractivity contribution in [2.24, 2.45) is 5.92 Å². The molecule has 0 unspecified atom stereocenters. The third kappa shape index (κ3) is 6.87. The summed E-state index contributed by atoms with van der Waals surface area (Å²) in [6, 6.07) is 16.0. The molecule has 264 valence electrons. The van der Waals surface area contributed by atoms with Crippen molar-refractivity contribution in [3.63, 3.8) is 0 Å². The average molecular weight is 692 g/mol. The Labute approximate surface area is 286 Å². The van der Waals surface area contributed by atoms with Crippen LogP contribution in [0, 0.1) is 5.92 Å². The van der Waals surface area contributed by atoms with Crippen LogP contribution in [0.25, 0.3) is 12.2 Å². The van der Waals surface area contributed by atoms with Gasteiger partial charge in [0.15, 0.2) is 40.4 Å². The van der Waals surface area contributed by atoms with Crippen molar-refractivity contribution in [3.05, 3.63) is 95.6 Å². The first-order valence-electron chi connectivity index (χ1n) is 15.6. The highest BCUT2D eigenvalue weighted by Gasteiger charge is 2.75. The molecule has 1 aliphatic heterocycles. The van der Waals surface area contributed by atoms with Crippen LogP contribution >= 0.6 is 0 Å². The molecule has 1 heterocycles. The molecule has 1 saturated heterocycles. The number of esters is 2. The Bertz CT molecular complexity index is 1810. The first-order valence-corrected chi connectivity index (χ1v) is 15.6. The van der Waals surface area contributed by atoms with Crippen molar-refractivity contribution in [1.82, 2.24) is 5.32 Å². The number of benzene rings is 3. The van der Waals surface area contributed by atoms with Gasteiger partial charge in [-0.25, -0.2) is 14.4 Å². The van der Waals surface area contributed by atoms with Crippen molar-refractivity contribution in [3.8, 4) is 23.0 Å². The summed E-state index contributed by atoms with van der Waals surface area (Å²) in [7, 11) is 1.37. The van der Waals surface area contributed by atoms with Crippen molar-refractivity contribution in [2.45, 2.75) is 48.4 Å². The molecule has 3 aromatic carbocycles. The number of hydrogen-bond donors (Lipinski definition) is 8. The molecule has 6 atom stereocenters. The molecule has 14 nitrogen and oxygen atoms in total. The maximum absolute atomic E-state index is 13.7. The number of hydrogen-bond acceptors (Lipinski definition) is 13. The number of carboxylic acids is 1. The molecule has 3 aromatic rings. The zero-order valence-corrected chi connectivity index (χ0v) is 26.8. The van der Waals surface area contributed by atoms with Gasteiger partial charge in [0.25, 0.3) is 0 Å². The molecule has 0 amide bonds. The quantitative estimate of drug-likeness (QED) is 0.0660. The Morgan fingerprint density at radius 3 is 1.98 bits per heavy atom. The molecule has 1 aliphatic carbocycles. The summed E-state index contributed by atoms with van der Waals surface area (Å²) in [5.41, 5.74) is -6.10. The predicted octanol–water partition coefficient (Wildman–Crippen LogP) is 2.20. The van der Waals surface area contributed by atoms with Gasteiger partial charge in [-0.3, -0.25) is 5.32 Å². The van der Waals surface area contributed by atoms with Crippen LogP contribution in [0.15, 0.2) is 78.9 Å². The summed E-state index contributed by atoms with van der Waals surface area (Å²) in [6.45, 7) is -0.159. The number of carboxylic acid groups (broad SMARTS) is 1. The first-order chi connectivity index (χ1) is 23.7. The maximum atomic E-state index is 13.7. The second-order valence-corrected chi connectivity index (χ2v) is 12.2. The Balaban J connectivity index is 1.64. The van der Waals surface area contributed by atoms with Gasteiger partial charge in [0, 0.05) is 30.9 Å². The van der Waals surface area contributed by atoms with Crippen LogP contribution in [0.2, 0.25) is 0 Å². The van der Waals surface area contributed by atoms with Crippen LogP contribution in [-0.2, 0) is 35.0 Å². The Morgan fingerprint density at radius 1 is 0.860 bits per heavy atom. The summed E-state index contributed by atoms with van der Waals surface area (Å²) < 4.78 is 18.0. The molecule has 0 aromatic heterocycles. The number of phenolic OH excluding ortho intramolecular Hbond substituents is 4. The lowest BCUT2D eigenvalue weighted by Gasteiger charge is -2.61. The molecule has 14 heteroatoms. The van der Waals surface area contributed by atoms with E-state index >= 15 is 0 Å². The van der Waals surface area contributed by atoms with Crippen LogP contribution in [-0.4, -0.2) is 96.4 Å². The van der Waals surface area contributed by atoms with Gasteiger partial charge in [0.05, 0.1) is 6.61 Å². The highest BCUT2D eigenvalue weighted by atomic mass is 16.6. The van der Waals surface area contributed by atoms with Crippen LogP contribution in [0.4, 0.5) is 0 Å². The normalized spacial score (nSPS) is 27.9. The smallest absolute Gasteiger partial charge is 0.336 e. The highest BCUT2D eigenvalue weighted by molar-refractivity contribution is 5.89. The number of rotatable bonds is 10. The second-order valence-electron chi connectivity index (χ2n) is 12.2. The average Bonchev–Trinajstić information content (AvgIpc) is 3.08. The van der Waals surface area contributed by atoms with Crippen LogP contribution in [0.5, 0.6) is 23.0 Å². The summed E-state index contributed by atoms with van der Waals surface area (Å²) in [5.74, 6) is -7.06. The van der Waals surface area contributed by atoms with Gasteiger partial charge in [0.1, 0.15) is 6.10 Å². The fourth-order valence-corrected chi connectivity index (χ4v) is 6.62. The zero-order chi connectivity index (χ0) is 36.3. The molecule has 1 saturated carbocycles. The first kappa shape index (κ1) is 35.9. The number of aliphatic carboxylic acids is 1. The van der Waals surface area contributed by atoms with Crippen molar-refractivity contribution < 1.29 is 64.3 Å². The van der Waals surface area contributed by atoms with Gasteiger partial charge in [0.2, 0.25) is 5.60 Å². The fraction of sp³-hybridized carbons (Fsp3) is 0.306. The summed E-state index contributed by atoms with van der Waals surface area (Å²) in [5, 5.41) is 76.4. The van der Waals surface area contributed by atoms with Crippen LogP contribution in [0.1, 0.15) is 29.5 Å². The molecule has 2 aliphatic rings. The molecular weight excluding hydrogens is 654 g/mol. The Morgan fingerprint density at radius 2 is 1.44 bits per heavy atom. The number of nitrogens with one attached hydrogen (secondary N) is 1. The third-order valence-corrected chi connectivity index (χ3v) is 9.22. The largest absolute Gasteiger partial charge is 0.504 e. The molecular formula is C36H37NO13. The standard InChI is InChI=1S/C36H37NO13/c1-37-35(47)15-16-48-29-20-34(46,33(44)45)24(17-21-5-3-2-4-6-21)32(49-30(42)13-9-22-7-11-25(38)27(40)18-22)36(29,35)50-31(43)14-10-23-8-12-26(39)28(41)19-23/h2-14,18-19,24,29,32,37-41,46-47H,15-17,20H2,1H3,(H,44,45)/b13-9+,14-10+/t24-,29-,32-,34-,35-,36+/m1/s1. The fourth-order valence-electron chi connectivity index (χ4n) is 6.62. The third-order valence-electron chi connectivity index (χ3n) is 9.22. The van der Waals surface area contributed by atoms with Gasteiger partial charge in [-0.15, -0.1) is 0 Å². The van der Waals surface area contributed by atoms with E-state index in [1.807, 2.05) is 0 Å². The van der Waals surface area contributed by atoms with E-state index in [2.05, 4.69) is 5.32 Å². The molecule has 0 spiro atoms. The van der Waals surface area contributed by atoms with Gasteiger partial charge >= 0.3 is 17.9 Å². The molecule has 0 radical (unpaired) electrons. The minimum Gasteiger partial charge on any atom is -0.504 e. The number of carbonyl (C=O) groups is 3. The SMILES string of the molecule is CN[C@@]1(O)CCO[C@@H]2C[C@](O)(C(=O)O)[C@H](Cc3ccccc3)[C@@H](OC(=O)/C=C/c3ccc(O)c(O)c3)[C@@]21OC(=O)/C=C/c1ccc(O)c(O)c1. The molecule has 2 fully saturated rings. The van der Waals surface area contributed by atoms with E-state index < -0.39 is 76.6 Å². The van der Waals surface area contributed by atoms with E-state index in [1.54, 1.807) is 30.3 Å². The minimum absolute atomic E-state index is 0.159. The minimum atomic E-state index is -2.63. The van der Waals surface area contributed by atoms with E-state index in [-0.39, 0.29) is 36.3 Å². The number of aliphatic hydroxyl groups is 2. The monoisotopic (exact) mass is 691 g/mol. The topological polar surface area (TPSA) is 233 Å². The second kappa shape index (κ2) is 14.2. The van der Waals surface area contributed by atoms with Crippen molar-refractivity contribution >= 4 is 30.1 Å². The Kier molecular flexibility index (Phi) is 10.2. The number of phenols is 4. The zero-order valence-electron chi connectivity index (χ0n) is 26.8. The Hall–Kier alpha value is -5.41. The molecule has 8 N–H and O–H groups in total. The molecule has 50 heavy (non-hydrogen) atoms. The van der Waals surface area contributed by atoms with E-state index in [0.29, 0.717) is 5.56 Å². The number of aromatic hydroxyl groups is 4. The van der Waals surface area contributed by atoms with E-state index in [1.165, 1.54) is 55.6 Å². The van der Waals surface area contributed by atoms with Crippen LogP contribution < -0.4 is 5.32 Å². The lowest BCUT2D eigenvalue weighted by atomic mass is 9.58. The van der Waals surface area contributed by atoms with E-state index in [4.69, 9.17) is 14.2 Å². The predicted molar refractivity (Wildman–Crippen MR) is 176 cm³/mol. The summed E-state index contributed by atoms with van der Waals surface area (Å²) >= 11 is 0. The number of fused-ring (bicyclic) bond motifs is 1. The number of ether oxygens (including phenoxy) is 3. The molecule has 0 bridgehead atoms. The maximum Gasteiger partial charge on any atom is 0.336 e. The van der Waals surface area contributed by atoms with Gasteiger partial charge < -0.3 is 50.0 Å². The highest BCUT2D eigenvalue weighted by Crippen LogP contribution is 2.53.